The summed E-state index contributed by atoms with van der Waals surface area (Å²) in [5, 5.41) is 3.02. The highest BCUT2D eigenvalue weighted by molar-refractivity contribution is 4.83. The summed E-state index contributed by atoms with van der Waals surface area (Å²) in [4.78, 5) is 0. The van der Waals surface area contributed by atoms with Crippen molar-refractivity contribution in [2.24, 2.45) is 5.92 Å². The van der Waals surface area contributed by atoms with Crippen molar-refractivity contribution in [1.29, 1.82) is 0 Å². The van der Waals surface area contributed by atoms with Gasteiger partial charge in [-0.15, -0.1) is 0 Å². The molecule has 0 aromatic heterocycles. The van der Waals surface area contributed by atoms with Crippen LogP contribution >= 0.6 is 0 Å². The second-order valence-corrected chi connectivity index (χ2v) is 4.28. The fraction of sp³-hybridized carbons (Fsp3) is 1.00. The summed E-state index contributed by atoms with van der Waals surface area (Å²) >= 11 is 0. The van der Waals surface area contributed by atoms with Crippen LogP contribution < -0.4 is 5.32 Å². The molecule has 0 heterocycles. The molecule has 0 aliphatic heterocycles. The van der Waals surface area contributed by atoms with E-state index in [0.29, 0.717) is 12.3 Å². The van der Waals surface area contributed by atoms with Crippen molar-refractivity contribution in [2.45, 2.75) is 44.5 Å². The van der Waals surface area contributed by atoms with Gasteiger partial charge in [-0.3, -0.25) is 0 Å². The van der Waals surface area contributed by atoms with Crippen LogP contribution in [0.25, 0.3) is 0 Å². The minimum atomic E-state index is -4.22. The zero-order valence-corrected chi connectivity index (χ0v) is 9.10. The van der Waals surface area contributed by atoms with Gasteiger partial charge in [0.1, 0.15) is 6.61 Å². The Hall–Kier alpha value is -0.290. The van der Waals surface area contributed by atoms with Gasteiger partial charge in [-0.25, -0.2) is 0 Å². The Morgan fingerprint density at radius 1 is 1.33 bits per heavy atom. The van der Waals surface area contributed by atoms with Crippen molar-refractivity contribution in [3.05, 3.63) is 0 Å². The monoisotopic (exact) mass is 225 g/mol. The van der Waals surface area contributed by atoms with E-state index in [2.05, 4.69) is 12.2 Å². The Kier molecular flexibility index (Phi) is 4.40. The number of likely N-dealkylation sites (N-methyl/N-ethyl adjacent to an activating group) is 1. The molecule has 3 atom stereocenters. The van der Waals surface area contributed by atoms with Gasteiger partial charge in [0.05, 0.1) is 6.10 Å². The average Bonchev–Trinajstić information content (AvgIpc) is 2.14. The fourth-order valence-corrected chi connectivity index (χ4v) is 2.04. The van der Waals surface area contributed by atoms with Crippen molar-refractivity contribution < 1.29 is 17.9 Å². The lowest BCUT2D eigenvalue weighted by atomic mass is 9.85. The Balaban J connectivity index is 2.42. The molecule has 0 amide bonds. The maximum atomic E-state index is 12.0. The van der Waals surface area contributed by atoms with E-state index < -0.39 is 12.8 Å². The normalized spacial score (nSPS) is 33.0. The second-order valence-electron chi connectivity index (χ2n) is 4.28. The number of nitrogens with one attached hydrogen (secondary N) is 1. The number of hydrogen-bond donors (Lipinski definition) is 1. The Labute approximate surface area is 88.2 Å². The topological polar surface area (TPSA) is 21.3 Å². The molecule has 5 heteroatoms. The van der Waals surface area contributed by atoms with Crippen molar-refractivity contribution in [3.63, 3.8) is 0 Å². The van der Waals surface area contributed by atoms with Gasteiger partial charge in [-0.05, 0) is 32.2 Å². The van der Waals surface area contributed by atoms with Crippen LogP contribution in [0.4, 0.5) is 13.2 Å². The molecule has 0 bridgehead atoms. The van der Waals surface area contributed by atoms with Gasteiger partial charge >= 0.3 is 6.18 Å². The van der Waals surface area contributed by atoms with E-state index in [0.717, 1.165) is 12.8 Å². The molecular weight excluding hydrogens is 207 g/mol. The highest BCUT2D eigenvalue weighted by Gasteiger charge is 2.33. The molecule has 0 spiro atoms. The van der Waals surface area contributed by atoms with Crippen LogP contribution in [0.5, 0.6) is 0 Å². The molecule has 1 rings (SSSR count). The number of hydrogen-bond acceptors (Lipinski definition) is 2. The zero-order chi connectivity index (χ0) is 11.5. The largest absolute Gasteiger partial charge is 0.411 e. The van der Waals surface area contributed by atoms with Crippen LogP contribution in [-0.2, 0) is 4.74 Å². The van der Waals surface area contributed by atoms with Gasteiger partial charge < -0.3 is 10.1 Å². The highest BCUT2D eigenvalue weighted by atomic mass is 19.4. The van der Waals surface area contributed by atoms with Crippen molar-refractivity contribution >= 4 is 0 Å². The van der Waals surface area contributed by atoms with Crippen LogP contribution in [0.1, 0.15) is 26.2 Å². The first kappa shape index (κ1) is 12.8. The van der Waals surface area contributed by atoms with Gasteiger partial charge in [-0.1, -0.05) is 6.92 Å². The molecule has 90 valence electrons. The van der Waals surface area contributed by atoms with E-state index in [9.17, 15) is 13.2 Å². The van der Waals surface area contributed by atoms with E-state index in [1.54, 1.807) is 7.05 Å². The lowest BCUT2D eigenvalue weighted by Gasteiger charge is -2.34. The van der Waals surface area contributed by atoms with Crippen LogP contribution in [0, 0.1) is 5.92 Å². The molecule has 1 aliphatic carbocycles. The molecule has 1 saturated carbocycles. The third-order valence-electron chi connectivity index (χ3n) is 2.89. The van der Waals surface area contributed by atoms with Crippen LogP contribution in [0.15, 0.2) is 0 Å². The lowest BCUT2D eigenvalue weighted by molar-refractivity contribution is -0.191. The molecule has 0 saturated heterocycles. The molecule has 3 unspecified atom stereocenters. The fourth-order valence-electron chi connectivity index (χ4n) is 2.04. The molecule has 1 fully saturated rings. The van der Waals surface area contributed by atoms with Gasteiger partial charge in [0.2, 0.25) is 0 Å². The summed E-state index contributed by atoms with van der Waals surface area (Å²) < 4.78 is 40.9. The van der Waals surface area contributed by atoms with Crippen LogP contribution in [0.3, 0.4) is 0 Å². The molecule has 15 heavy (non-hydrogen) atoms. The summed E-state index contributed by atoms with van der Waals surface area (Å²) in [6.45, 7) is 0.915. The predicted octanol–water partition coefficient (Wildman–Crippen LogP) is 2.34. The summed E-state index contributed by atoms with van der Waals surface area (Å²) in [6.07, 6.45) is -1.88. The van der Waals surface area contributed by atoms with Gasteiger partial charge in [-0.2, -0.15) is 13.2 Å². The van der Waals surface area contributed by atoms with Crippen LogP contribution in [0.2, 0.25) is 0 Å². The van der Waals surface area contributed by atoms with Crippen molar-refractivity contribution in [3.8, 4) is 0 Å². The van der Waals surface area contributed by atoms with E-state index in [4.69, 9.17) is 4.74 Å². The molecule has 0 aromatic carbocycles. The van der Waals surface area contributed by atoms with E-state index in [1.807, 2.05) is 0 Å². The van der Waals surface area contributed by atoms with Gasteiger partial charge in [0, 0.05) is 6.04 Å². The smallest absolute Gasteiger partial charge is 0.367 e. The zero-order valence-electron chi connectivity index (χ0n) is 9.10. The molecule has 2 nitrogen and oxygen atoms in total. The Morgan fingerprint density at radius 2 is 2.00 bits per heavy atom. The van der Waals surface area contributed by atoms with Gasteiger partial charge in [0.15, 0.2) is 0 Å². The average molecular weight is 225 g/mol. The summed E-state index contributed by atoms with van der Waals surface area (Å²) in [5.74, 6) is 0.452. The standard InChI is InChI=1S/C10H18F3NO/c1-7-3-4-8(14-2)9(5-7)15-6-10(11,12)13/h7-9,14H,3-6H2,1-2H3. The minimum Gasteiger partial charge on any atom is -0.367 e. The van der Waals surface area contributed by atoms with E-state index >= 15 is 0 Å². The first-order valence-electron chi connectivity index (χ1n) is 5.28. The third kappa shape index (κ3) is 4.38. The number of alkyl halides is 3. The number of rotatable bonds is 3. The van der Waals surface area contributed by atoms with Crippen molar-refractivity contribution in [1.82, 2.24) is 5.32 Å². The first-order valence-corrected chi connectivity index (χ1v) is 5.28. The molecule has 1 aliphatic rings. The molecule has 0 radical (unpaired) electrons. The first-order chi connectivity index (χ1) is 6.92. The maximum Gasteiger partial charge on any atom is 0.411 e. The summed E-state index contributed by atoms with van der Waals surface area (Å²) in [7, 11) is 1.77. The summed E-state index contributed by atoms with van der Waals surface area (Å²) in [6, 6.07) is 0.0588. The number of ether oxygens (including phenoxy) is 1. The van der Waals surface area contributed by atoms with E-state index in [1.165, 1.54) is 0 Å². The summed E-state index contributed by atoms with van der Waals surface area (Å²) in [5.41, 5.74) is 0. The quantitative estimate of drug-likeness (QED) is 0.796. The Bertz CT molecular complexity index is 196. The van der Waals surface area contributed by atoms with E-state index in [-0.39, 0.29) is 12.1 Å². The van der Waals surface area contributed by atoms with Crippen LogP contribution in [-0.4, -0.2) is 32.0 Å². The maximum absolute atomic E-state index is 12.0. The minimum absolute atomic E-state index is 0.0588. The third-order valence-corrected chi connectivity index (χ3v) is 2.89. The molecule has 1 N–H and O–H groups in total. The van der Waals surface area contributed by atoms with Gasteiger partial charge in [0.25, 0.3) is 0 Å². The molecule has 0 aromatic rings. The van der Waals surface area contributed by atoms with Crippen molar-refractivity contribution in [2.75, 3.05) is 13.7 Å². The highest BCUT2D eigenvalue weighted by Crippen LogP contribution is 2.27. The lowest BCUT2D eigenvalue weighted by Crippen LogP contribution is -2.44. The second kappa shape index (κ2) is 5.16. The predicted molar refractivity (Wildman–Crippen MR) is 51.7 cm³/mol. The molecular formula is C10H18F3NO. The SMILES string of the molecule is CNC1CCC(C)CC1OCC(F)(F)F. The Morgan fingerprint density at radius 3 is 2.53 bits per heavy atom. The number of halogens is 3.